The number of sulfonamides is 1. The summed E-state index contributed by atoms with van der Waals surface area (Å²) < 4.78 is 31.8. The molecule has 2 amide bonds. The van der Waals surface area contributed by atoms with Gasteiger partial charge in [0.2, 0.25) is 21.8 Å². The average molecular weight is 647 g/mol. The number of nitrogens with zero attached hydrogens (tertiary/aromatic N) is 7. The Labute approximate surface area is 269 Å². The minimum absolute atomic E-state index is 0.0105. The van der Waals surface area contributed by atoms with E-state index in [1.165, 1.54) is 26.0 Å². The van der Waals surface area contributed by atoms with Crippen LogP contribution in [0.3, 0.4) is 0 Å². The highest BCUT2D eigenvalue weighted by Crippen LogP contribution is 2.33. The van der Waals surface area contributed by atoms with E-state index in [0.29, 0.717) is 41.1 Å². The highest BCUT2D eigenvalue weighted by atomic mass is 32.2. The number of carbonyl (C=O) groups excluding carboxylic acids is 2. The van der Waals surface area contributed by atoms with E-state index in [9.17, 15) is 18.0 Å². The lowest BCUT2D eigenvalue weighted by Crippen LogP contribution is -2.48. The predicted octanol–water partition coefficient (Wildman–Crippen LogP) is 4.12. The molecule has 1 aliphatic heterocycles. The molecule has 0 radical (unpaired) electrons. The van der Waals surface area contributed by atoms with Crippen LogP contribution < -0.4 is 10.2 Å². The van der Waals surface area contributed by atoms with Gasteiger partial charge in [0.15, 0.2) is 0 Å². The molecule has 2 atom stereocenters. The number of aromatic nitrogens is 5. The monoisotopic (exact) mass is 646 g/mol. The van der Waals surface area contributed by atoms with Gasteiger partial charge in [-0.3, -0.25) is 19.2 Å². The van der Waals surface area contributed by atoms with Gasteiger partial charge >= 0.3 is 0 Å². The van der Waals surface area contributed by atoms with E-state index in [4.69, 9.17) is 0 Å². The minimum atomic E-state index is -3.72. The average Bonchev–Trinajstić information content (AvgIpc) is 3.61. The van der Waals surface area contributed by atoms with Crippen molar-refractivity contribution in [2.24, 2.45) is 13.0 Å². The maximum atomic E-state index is 14.5. The number of para-hydroxylation sites is 1. The summed E-state index contributed by atoms with van der Waals surface area (Å²) >= 11 is 0. The van der Waals surface area contributed by atoms with Crippen molar-refractivity contribution in [2.45, 2.75) is 82.3 Å². The first-order chi connectivity index (χ1) is 22.1. The van der Waals surface area contributed by atoms with Gasteiger partial charge in [0.25, 0.3) is 0 Å². The van der Waals surface area contributed by atoms with E-state index in [-0.39, 0.29) is 29.3 Å². The maximum Gasteiger partial charge on any atom is 0.249 e. The normalized spacial score (nSPS) is 18.8. The molecule has 2 aromatic heterocycles. The zero-order valence-corrected chi connectivity index (χ0v) is 27.5. The molecule has 0 unspecified atom stereocenters. The van der Waals surface area contributed by atoms with E-state index in [2.05, 4.69) is 27.7 Å². The van der Waals surface area contributed by atoms with Crippen molar-refractivity contribution >= 4 is 38.6 Å². The van der Waals surface area contributed by atoms with Gasteiger partial charge in [0.1, 0.15) is 18.1 Å². The Morgan fingerprint density at radius 1 is 1.02 bits per heavy atom. The summed E-state index contributed by atoms with van der Waals surface area (Å²) in [7, 11) is -1.94. The molecule has 1 saturated carbocycles. The Balaban J connectivity index is 1.40. The molecule has 3 heterocycles. The second-order valence-corrected chi connectivity index (χ2v) is 14.6. The molecule has 46 heavy (non-hydrogen) atoms. The van der Waals surface area contributed by atoms with Crippen molar-refractivity contribution in [3.63, 3.8) is 0 Å². The third-order valence-corrected chi connectivity index (χ3v) is 11.0. The number of carbonyl (C=O) groups is 2. The predicted molar refractivity (Wildman–Crippen MR) is 174 cm³/mol. The fourth-order valence-electron chi connectivity index (χ4n) is 6.78. The number of rotatable bonds is 9. The Bertz CT molecular complexity index is 1810. The molecule has 1 N–H and O–H groups in total. The van der Waals surface area contributed by atoms with Crippen molar-refractivity contribution in [2.75, 3.05) is 18.0 Å². The molecular weight excluding hydrogens is 604 g/mol. The largest absolute Gasteiger partial charge is 0.351 e. The second kappa shape index (κ2) is 13.3. The van der Waals surface area contributed by atoms with Gasteiger partial charge in [-0.1, -0.05) is 43.5 Å². The van der Waals surface area contributed by atoms with Crippen molar-refractivity contribution in [3.8, 4) is 0 Å². The van der Waals surface area contributed by atoms with E-state index < -0.39 is 22.0 Å². The molecule has 6 rings (SSSR count). The quantitative estimate of drug-likeness (QED) is 0.289. The maximum absolute atomic E-state index is 14.5. The van der Waals surface area contributed by atoms with Gasteiger partial charge in [0, 0.05) is 43.6 Å². The Morgan fingerprint density at radius 3 is 2.46 bits per heavy atom. The van der Waals surface area contributed by atoms with Gasteiger partial charge in [-0.25, -0.2) is 13.1 Å². The zero-order valence-electron chi connectivity index (χ0n) is 26.7. The van der Waals surface area contributed by atoms with Crippen LogP contribution in [0.1, 0.15) is 69.2 Å². The molecule has 2 aliphatic rings. The van der Waals surface area contributed by atoms with Crippen LogP contribution in [0.15, 0.2) is 59.6 Å². The lowest BCUT2D eigenvalue weighted by Gasteiger charge is -2.33. The summed E-state index contributed by atoms with van der Waals surface area (Å²) in [6.07, 6.45) is 8.56. The van der Waals surface area contributed by atoms with Crippen LogP contribution in [0, 0.1) is 12.8 Å². The molecule has 0 bridgehead atoms. The van der Waals surface area contributed by atoms with Crippen LogP contribution >= 0.6 is 0 Å². The summed E-state index contributed by atoms with van der Waals surface area (Å²) in [5, 5.41) is 16.2. The summed E-state index contributed by atoms with van der Waals surface area (Å²) in [4.78, 5) is 30.4. The number of amides is 2. The SMILES string of the molecule is Cc1nn(C)cc1[C@H](C(=O)NC1CCCCC1)N(C(=O)Cn1nnc2ccccc21)c1ccc(S(=O)(=O)N2CCC[C@@H](C)C2)cc1. The topological polar surface area (TPSA) is 135 Å². The summed E-state index contributed by atoms with van der Waals surface area (Å²) in [6, 6.07) is 12.6. The number of hydrogen-bond acceptors (Lipinski definition) is 7. The van der Waals surface area contributed by atoms with Gasteiger partial charge < -0.3 is 5.32 Å². The van der Waals surface area contributed by atoms with Crippen molar-refractivity contribution in [1.29, 1.82) is 0 Å². The van der Waals surface area contributed by atoms with Gasteiger partial charge in [-0.2, -0.15) is 9.40 Å². The molecule has 1 saturated heterocycles. The molecule has 1 aliphatic carbocycles. The van der Waals surface area contributed by atoms with Crippen molar-refractivity contribution < 1.29 is 18.0 Å². The molecular formula is C33H42N8O4S. The van der Waals surface area contributed by atoms with Gasteiger partial charge in [0.05, 0.1) is 16.1 Å². The van der Waals surface area contributed by atoms with Crippen LogP contribution in [0.4, 0.5) is 5.69 Å². The first kappa shape index (κ1) is 31.9. The van der Waals surface area contributed by atoms with E-state index in [1.807, 2.05) is 31.2 Å². The molecule has 13 heteroatoms. The Morgan fingerprint density at radius 2 is 1.76 bits per heavy atom. The number of hydrogen-bond donors (Lipinski definition) is 1. The first-order valence-corrected chi connectivity index (χ1v) is 17.6. The number of piperidine rings is 1. The van der Waals surface area contributed by atoms with Gasteiger partial charge in [-0.05, 0) is 74.9 Å². The van der Waals surface area contributed by atoms with E-state index in [1.54, 1.807) is 30.1 Å². The summed E-state index contributed by atoms with van der Waals surface area (Å²) in [6.45, 7) is 4.65. The first-order valence-electron chi connectivity index (χ1n) is 16.1. The number of fused-ring (bicyclic) bond motifs is 1. The Kier molecular flexibility index (Phi) is 9.23. The van der Waals surface area contributed by atoms with E-state index >= 15 is 0 Å². The second-order valence-electron chi connectivity index (χ2n) is 12.7. The number of anilines is 1. The number of aryl methyl sites for hydroxylation is 2. The van der Waals surface area contributed by atoms with Crippen LogP contribution in [0.5, 0.6) is 0 Å². The third-order valence-electron chi connectivity index (χ3n) is 9.15. The van der Waals surface area contributed by atoms with E-state index in [0.717, 1.165) is 44.9 Å². The lowest BCUT2D eigenvalue weighted by molar-refractivity contribution is -0.127. The smallest absolute Gasteiger partial charge is 0.249 e. The molecule has 0 spiro atoms. The number of benzene rings is 2. The summed E-state index contributed by atoms with van der Waals surface area (Å²) in [5.41, 5.74) is 2.94. The fraction of sp³-hybridized carbons (Fsp3) is 0.485. The molecule has 12 nitrogen and oxygen atoms in total. The highest BCUT2D eigenvalue weighted by molar-refractivity contribution is 7.89. The molecule has 2 aromatic carbocycles. The minimum Gasteiger partial charge on any atom is -0.351 e. The fourth-order valence-corrected chi connectivity index (χ4v) is 8.38. The zero-order chi connectivity index (χ0) is 32.4. The number of nitrogens with one attached hydrogen (secondary N) is 1. The lowest BCUT2D eigenvalue weighted by atomic mass is 9.94. The standard InChI is InChI=1S/C33H42N8O4S/c1-23-10-9-19-39(20-23)46(44,45)27-17-15-26(16-18-27)41(31(42)22-40-30-14-8-7-13-29(30)35-37-40)32(28-21-38(3)36-24(28)2)33(43)34-25-11-5-4-6-12-25/h7-8,13-18,21,23,25,32H,4-6,9-12,19-20,22H2,1-3H3,(H,34,43)/t23-,32-/m1/s1. The van der Waals surface area contributed by atoms with Crippen LogP contribution in [-0.4, -0.2) is 68.4 Å². The molecule has 4 aromatic rings. The third kappa shape index (κ3) is 6.57. The Hall–Kier alpha value is -4.10. The molecule has 2 fully saturated rings. The van der Waals surface area contributed by atoms with Crippen LogP contribution in [-0.2, 0) is 33.2 Å². The van der Waals surface area contributed by atoms with Gasteiger partial charge in [-0.15, -0.1) is 5.10 Å². The molecule has 244 valence electrons. The van der Waals surface area contributed by atoms with Crippen LogP contribution in [0.2, 0.25) is 0 Å². The van der Waals surface area contributed by atoms with Crippen molar-refractivity contribution in [3.05, 3.63) is 66.0 Å². The highest BCUT2D eigenvalue weighted by Gasteiger charge is 2.37. The summed E-state index contributed by atoms with van der Waals surface area (Å²) in [5.74, 6) is -0.420. The van der Waals surface area contributed by atoms with Crippen molar-refractivity contribution in [1.82, 2.24) is 34.4 Å². The van der Waals surface area contributed by atoms with Crippen LogP contribution in [0.25, 0.3) is 11.0 Å².